The average Bonchev–Trinajstić information content (AvgIpc) is 3.19. The molecule has 30 heavy (non-hydrogen) atoms. The molecule has 1 aliphatic rings. The molecule has 1 atom stereocenters. The van der Waals surface area contributed by atoms with Crippen molar-refractivity contribution in [3.8, 4) is 0 Å². The van der Waals surface area contributed by atoms with Crippen LogP contribution in [0.2, 0.25) is 0 Å². The Morgan fingerprint density at radius 2 is 1.87 bits per heavy atom. The lowest BCUT2D eigenvalue weighted by Crippen LogP contribution is -2.45. The van der Waals surface area contributed by atoms with Crippen molar-refractivity contribution < 1.29 is 18.8 Å². The van der Waals surface area contributed by atoms with E-state index in [1.54, 1.807) is 13.0 Å². The molecule has 2 heterocycles. The summed E-state index contributed by atoms with van der Waals surface area (Å²) < 4.78 is 10.4. The number of carbonyl (C=O) groups excluding carboxylic acids is 2. The predicted molar refractivity (Wildman–Crippen MR) is 112 cm³/mol. The number of aromatic nitrogens is 1. The quantitative estimate of drug-likeness (QED) is 0.629. The van der Waals surface area contributed by atoms with Crippen molar-refractivity contribution in [1.82, 2.24) is 15.4 Å². The van der Waals surface area contributed by atoms with Crippen molar-refractivity contribution in [2.45, 2.75) is 13.0 Å². The topological polar surface area (TPSA) is 96.7 Å². The fraction of sp³-hybridized carbons (Fsp3) is 0.318. The van der Waals surface area contributed by atoms with Crippen LogP contribution in [-0.2, 0) is 14.3 Å². The molecule has 4 rings (SSSR count). The van der Waals surface area contributed by atoms with Crippen LogP contribution in [0.25, 0.3) is 10.8 Å². The smallest absolute Gasteiger partial charge is 0.314 e. The third-order valence-electron chi connectivity index (χ3n) is 5.20. The van der Waals surface area contributed by atoms with E-state index in [2.05, 4.69) is 45.0 Å². The zero-order valence-electron chi connectivity index (χ0n) is 16.8. The Morgan fingerprint density at radius 3 is 2.63 bits per heavy atom. The first kappa shape index (κ1) is 20.1. The van der Waals surface area contributed by atoms with Gasteiger partial charge in [0.05, 0.1) is 19.3 Å². The van der Waals surface area contributed by atoms with Gasteiger partial charge in [-0.15, -0.1) is 0 Å². The Balaban J connectivity index is 1.51. The summed E-state index contributed by atoms with van der Waals surface area (Å²) in [6.45, 7) is 4.81. The number of carbonyl (C=O) groups is 2. The average molecular weight is 408 g/mol. The van der Waals surface area contributed by atoms with Gasteiger partial charge in [-0.05, 0) is 23.3 Å². The monoisotopic (exact) mass is 408 g/mol. The first-order valence-corrected chi connectivity index (χ1v) is 9.94. The maximum absolute atomic E-state index is 12.4. The second-order valence-electron chi connectivity index (χ2n) is 7.22. The number of fused-ring (bicyclic) bond motifs is 1. The van der Waals surface area contributed by atoms with E-state index < -0.39 is 11.8 Å². The summed E-state index contributed by atoms with van der Waals surface area (Å²) in [6, 6.07) is 15.8. The van der Waals surface area contributed by atoms with E-state index in [9.17, 15) is 9.59 Å². The number of hydrogen-bond donors (Lipinski definition) is 2. The van der Waals surface area contributed by atoms with Crippen molar-refractivity contribution in [3.05, 3.63) is 59.9 Å². The molecule has 0 saturated carbocycles. The lowest BCUT2D eigenvalue weighted by Gasteiger charge is -2.35. The molecule has 1 aliphatic heterocycles. The Labute approximate surface area is 174 Å². The van der Waals surface area contributed by atoms with Gasteiger partial charge in [-0.3, -0.25) is 19.8 Å². The summed E-state index contributed by atoms with van der Waals surface area (Å²) >= 11 is 0. The molecule has 1 aromatic heterocycles. The van der Waals surface area contributed by atoms with E-state index in [0.29, 0.717) is 25.5 Å². The van der Waals surface area contributed by atoms with E-state index in [1.165, 1.54) is 0 Å². The van der Waals surface area contributed by atoms with Gasteiger partial charge in [0.25, 0.3) is 0 Å². The van der Waals surface area contributed by atoms with E-state index in [1.807, 2.05) is 18.2 Å². The molecule has 1 unspecified atom stereocenters. The van der Waals surface area contributed by atoms with Gasteiger partial charge in [0, 0.05) is 25.7 Å². The highest BCUT2D eigenvalue weighted by molar-refractivity contribution is 6.39. The van der Waals surface area contributed by atoms with Crippen molar-refractivity contribution in [2.75, 3.05) is 38.2 Å². The van der Waals surface area contributed by atoms with Crippen molar-refractivity contribution in [1.29, 1.82) is 0 Å². The fourth-order valence-electron chi connectivity index (χ4n) is 3.73. The summed E-state index contributed by atoms with van der Waals surface area (Å²) in [4.78, 5) is 26.9. The Bertz CT molecular complexity index is 1040. The highest BCUT2D eigenvalue weighted by Gasteiger charge is 2.26. The van der Waals surface area contributed by atoms with Gasteiger partial charge in [0.2, 0.25) is 0 Å². The molecule has 2 amide bonds. The van der Waals surface area contributed by atoms with Crippen molar-refractivity contribution in [3.63, 3.8) is 0 Å². The minimum Gasteiger partial charge on any atom is -0.379 e. The summed E-state index contributed by atoms with van der Waals surface area (Å²) in [6.07, 6.45) is 0. The zero-order valence-corrected chi connectivity index (χ0v) is 16.8. The lowest BCUT2D eigenvalue weighted by molar-refractivity contribution is -0.136. The van der Waals surface area contributed by atoms with Crippen molar-refractivity contribution in [2.24, 2.45) is 0 Å². The maximum Gasteiger partial charge on any atom is 0.314 e. The minimum atomic E-state index is -0.776. The largest absolute Gasteiger partial charge is 0.379 e. The molecule has 2 N–H and O–H groups in total. The second kappa shape index (κ2) is 9.06. The molecule has 0 spiro atoms. The summed E-state index contributed by atoms with van der Waals surface area (Å²) in [5.74, 6) is -0.725. The van der Waals surface area contributed by atoms with Crippen LogP contribution in [0.3, 0.4) is 0 Å². The number of hydrogen-bond acceptors (Lipinski definition) is 6. The van der Waals surface area contributed by atoms with E-state index in [-0.39, 0.29) is 11.9 Å². The van der Waals surface area contributed by atoms with Crippen LogP contribution in [0, 0.1) is 6.92 Å². The number of ether oxygens (including phenoxy) is 1. The number of rotatable bonds is 5. The van der Waals surface area contributed by atoms with Crippen LogP contribution in [0.5, 0.6) is 0 Å². The molecule has 3 aromatic rings. The Morgan fingerprint density at radius 1 is 1.10 bits per heavy atom. The standard InChI is InChI=1S/C22H24N4O4/c1-15-13-20(25-30-15)24-22(28)21(27)23-14-19(26-9-11-29-12-10-26)18-8-4-6-16-5-2-3-7-17(16)18/h2-8,13,19H,9-12,14H2,1H3,(H,23,27)(H,24,25,28). The molecule has 8 heteroatoms. The van der Waals surface area contributed by atoms with Crippen molar-refractivity contribution >= 4 is 28.4 Å². The Kier molecular flexibility index (Phi) is 6.06. The molecular formula is C22H24N4O4. The third kappa shape index (κ3) is 4.50. The highest BCUT2D eigenvalue weighted by Crippen LogP contribution is 2.28. The van der Waals surface area contributed by atoms with Gasteiger partial charge in [-0.2, -0.15) is 0 Å². The molecule has 2 aromatic carbocycles. The summed E-state index contributed by atoms with van der Waals surface area (Å²) in [5.41, 5.74) is 1.11. The molecule has 0 aliphatic carbocycles. The highest BCUT2D eigenvalue weighted by atomic mass is 16.5. The number of morpholine rings is 1. The van der Waals surface area contributed by atoms with E-state index >= 15 is 0 Å². The maximum atomic E-state index is 12.4. The molecule has 0 bridgehead atoms. The zero-order chi connectivity index (χ0) is 20.9. The predicted octanol–water partition coefficient (Wildman–Crippen LogP) is 2.26. The molecule has 156 valence electrons. The minimum absolute atomic E-state index is 0.0777. The Hall–Kier alpha value is -3.23. The van der Waals surface area contributed by atoms with Gasteiger partial charge in [0.15, 0.2) is 5.82 Å². The third-order valence-corrected chi connectivity index (χ3v) is 5.20. The van der Waals surface area contributed by atoms with Gasteiger partial charge in [-0.1, -0.05) is 47.6 Å². The fourth-order valence-corrected chi connectivity index (χ4v) is 3.73. The number of benzene rings is 2. The first-order valence-electron chi connectivity index (χ1n) is 9.94. The number of nitrogens with one attached hydrogen (secondary N) is 2. The van der Waals surface area contributed by atoms with Gasteiger partial charge in [0.1, 0.15) is 5.76 Å². The normalized spacial score (nSPS) is 15.6. The van der Waals surface area contributed by atoms with Gasteiger partial charge >= 0.3 is 11.8 Å². The number of aryl methyl sites for hydroxylation is 1. The molecule has 1 saturated heterocycles. The number of anilines is 1. The van der Waals surface area contributed by atoms with Gasteiger partial charge < -0.3 is 14.6 Å². The molecule has 1 fully saturated rings. The van der Waals surface area contributed by atoms with Crippen LogP contribution >= 0.6 is 0 Å². The summed E-state index contributed by atoms with van der Waals surface area (Å²) in [7, 11) is 0. The SMILES string of the molecule is Cc1cc(NC(=O)C(=O)NCC(c2cccc3ccccc23)N2CCOCC2)no1. The lowest BCUT2D eigenvalue weighted by atomic mass is 9.97. The number of nitrogens with zero attached hydrogens (tertiary/aromatic N) is 2. The van der Waals surface area contributed by atoms with Crippen LogP contribution in [0.4, 0.5) is 5.82 Å². The molecular weight excluding hydrogens is 384 g/mol. The van der Waals surface area contributed by atoms with E-state index in [0.717, 1.165) is 29.4 Å². The number of amides is 2. The molecule has 0 radical (unpaired) electrons. The van der Waals surface area contributed by atoms with Crippen LogP contribution < -0.4 is 10.6 Å². The van der Waals surface area contributed by atoms with Crippen LogP contribution in [0.15, 0.2) is 53.1 Å². The van der Waals surface area contributed by atoms with Crippen LogP contribution in [-0.4, -0.2) is 54.7 Å². The first-order chi connectivity index (χ1) is 14.6. The summed E-state index contributed by atoms with van der Waals surface area (Å²) in [5, 5.41) is 11.2. The van der Waals surface area contributed by atoms with E-state index in [4.69, 9.17) is 9.26 Å². The molecule has 8 nitrogen and oxygen atoms in total. The second-order valence-corrected chi connectivity index (χ2v) is 7.22. The van der Waals surface area contributed by atoms with Gasteiger partial charge in [-0.25, -0.2) is 0 Å². The van der Waals surface area contributed by atoms with Crippen LogP contribution in [0.1, 0.15) is 17.4 Å².